The number of likely N-dealkylation sites (tertiary alicyclic amines) is 1. The third-order valence-corrected chi connectivity index (χ3v) is 8.24. The molecule has 184 valence electrons. The first-order valence-corrected chi connectivity index (χ1v) is 13.3. The molecule has 10 heteroatoms. The molecule has 3 aromatic rings. The van der Waals surface area contributed by atoms with Gasteiger partial charge in [0.1, 0.15) is 0 Å². The number of aromatic hydroxyl groups is 1. The minimum absolute atomic E-state index is 0.0423. The van der Waals surface area contributed by atoms with Gasteiger partial charge in [-0.05, 0) is 44.1 Å². The van der Waals surface area contributed by atoms with E-state index in [1.54, 1.807) is 6.07 Å². The van der Waals surface area contributed by atoms with Gasteiger partial charge in [0.05, 0.1) is 28.5 Å². The summed E-state index contributed by atoms with van der Waals surface area (Å²) in [4.78, 5) is 7.27. The molecule has 0 saturated carbocycles. The van der Waals surface area contributed by atoms with Gasteiger partial charge in [0.25, 0.3) is 10.1 Å². The Bertz CT molecular complexity index is 1500. The molecule has 2 aromatic carbocycles. The number of phenols is 1. The molecule has 0 radical (unpaired) electrons. The van der Waals surface area contributed by atoms with Gasteiger partial charge in [0, 0.05) is 34.7 Å². The Kier molecular flexibility index (Phi) is 4.55. The van der Waals surface area contributed by atoms with Gasteiger partial charge in [-0.3, -0.25) is 4.55 Å². The monoisotopic (exact) mass is 497 g/mol. The summed E-state index contributed by atoms with van der Waals surface area (Å²) < 4.78 is 32.4. The molecule has 2 bridgehead atoms. The number of likely N-dealkylation sites (N-methyl/N-ethyl adjacent to an activating group) is 1. The van der Waals surface area contributed by atoms with Crippen molar-refractivity contribution >= 4 is 26.7 Å². The number of pyridine rings is 1. The minimum atomic E-state index is -3.67. The smallest absolute Gasteiger partial charge is 0.261 e. The van der Waals surface area contributed by atoms with Crippen LogP contribution in [0.25, 0.3) is 10.9 Å². The lowest BCUT2D eigenvalue weighted by Gasteiger charge is -2.62. The highest BCUT2D eigenvalue weighted by Gasteiger charge is 2.72. The van der Waals surface area contributed by atoms with Crippen LogP contribution < -0.4 is 10.5 Å². The number of fused-ring (bicyclic) bond motifs is 3. The lowest BCUT2D eigenvalue weighted by Crippen LogP contribution is -2.74. The van der Waals surface area contributed by atoms with Crippen LogP contribution in [-0.2, 0) is 28.4 Å². The average Bonchev–Trinajstić information content (AvgIpc) is 3.14. The van der Waals surface area contributed by atoms with Crippen molar-refractivity contribution in [3.8, 4) is 11.5 Å². The fraction of sp³-hybridized carbons (Fsp3) is 0.400. The molecular weight excluding hydrogens is 470 g/mol. The van der Waals surface area contributed by atoms with Crippen molar-refractivity contribution in [1.82, 2.24) is 9.88 Å². The summed E-state index contributed by atoms with van der Waals surface area (Å²) >= 11 is 0. The molecule has 1 aromatic heterocycles. The van der Waals surface area contributed by atoms with E-state index in [0.29, 0.717) is 24.1 Å². The summed E-state index contributed by atoms with van der Waals surface area (Å²) in [6, 6.07) is 11.5. The number of phenolic OH excluding ortho intramolecular Hbond substituents is 1. The third kappa shape index (κ3) is 2.91. The second kappa shape index (κ2) is 7.07. The first-order valence-electron chi connectivity index (χ1n) is 11.5. The van der Waals surface area contributed by atoms with Crippen molar-refractivity contribution in [2.45, 2.75) is 42.4 Å². The van der Waals surface area contributed by atoms with Gasteiger partial charge >= 0.3 is 0 Å². The van der Waals surface area contributed by atoms with Gasteiger partial charge in [-0.25, -0.2) is 4.98 Å². The van der Waals surface area contributed by atoms with E-state index in [2.05, 4.69) is 11.9 Å². The quantitative estimate of drug-likeness (QED) is 0.342. The van der Waals surface area contributed by atoms with Gasteiger partial charge in [-0.15, -0.1) is 0 Å². The zero-order valence-electron chi connectivity index (χ0n) is 19.4. The Morgan fingerprint density at radius 1 is 1.23 bits per heavy atom. The summed E-state index contributed by atoms with van der Waals surface area (Å²) in [5.41, 5.74) is 10.3. The molecule has 1 fully saturated rings. The number of rotatable bonds is 0. The Balaban J connectivity index is 0.000000419. The van der Waals surface area contributed by atoms with E-state index >= 15 is 0 Å². The first-order chi connectivity index (χ1) is 16.5. The zero-order valence-corrected chi connectivity index (χ0v) is 20.2. The second-order valence-corrected chi connectivity index (χ2v) is 11.6. The Morgan fingerprint density at radius 2 is 1.94 bits per heavy atom. The topological polar surface area (TPSA) is 146 Å². The molecular formula is C25H27N3O6S. The number of nitrogens with two attached hydrogens (primary N) is 1. The van der Waals surface area contributed by atoms with Crippen molar-refractivity contribution in [3.63, 3.8) is 0 Å². The standard InChI is InChI=1S/C24H23N3O3.CH4O3S/c1-27-9-8-23-18-12-6-7-16(28)21(18)30-22(23)20-14(11-24(23,29)17(27)10-12)19(25)13-4-2-3-5-15(13)26-20;1-5(2,3)4/h2-7,17,22,28-29H,8-11H2,1H3,(H2,25,26);1H3,(H,2,3,4)/t17-,22+,23+,24-;/m1./s1. The summed E-state index contributed by atoms with van der Waals surface area (Å²) in [5, 5.41) is 24.0. The van der Waals surface area contributed by atoms with Gasteiger partial charge in [-0.2, -0.15) is 8.42 Å². The van der Waals surface area contributed by atoms with Gasteiger partial charge < -0.3 is 25.6 Å². The van der Waals surface area contributed by atoms with Crippen LogP contribution >= 0.6 is 0 Å². The number of nitrogens with zero attached hydrogens (tertiary/aromatic N) is 2. The van der Waals surface area contributed by atoms with E-state index in [0.717, 1.165) is 52.7 Å². The SMILES string of the molecule is CN1CC[C@]23c4c5ccc(O)c4O[C@H]2c2nc4ccccc4c(N)c2C[C@@]3(O)[C@H]1C5.CS(=O)(=O)O. The fourth-order valence-corrected chi connectivity index (χ4v) is 6.89. The Hall–Kier alpha value is -2.92. The van der Waals surface area contributed by atoms with Crippen molar-refractivity contribution in [2.75, 3.05) is 25.6 Å². The fourth-order valence-electron chi connectivity index (χ4n) is 6.89. The summed E-state index contributed by atoms with van der Waals surface area (Å²) in [6.07, 6.45) is 2.17. The molecule has 2 aliphatic heterocycles. The van der Waals surface area contributed by atoms with Crippen molar-refractivity contribution < 1.29 is 27.9 Å². The molecule has 9 nitrogen and oxygen atoms in total. The maximum atomic E-state index is 12.4. The van der Waals surface area contributed by atoms with Gasteiger partial charge in [0.2, 0.25) is 0 Å². The molecule has 2 aliphatic carbocycles. The molecule has 1 saturated heterocycles. The third-order valence-electron chi connectivity index (χ3n) is 8.24. The van der Waals surface area contributed by atoms with E-state index in [1.165, 1.54) is 0 Å². The van der Waals surface area contributed by atoms with E-state index in [4.69, 9.17) is 20.0 Å². The molecule has 7 rings (SSSR count). The number of aliphatic hydroxyl groups is 1. The highest BCUT2D eigenvalue weighted by atomic mass is 32.2. The Labute approximate surface area is 202 Å². The normalized spacial score (nSPS) is 30.1. The van der Waals surface area contributed by atoms with E-state index in [9.17, 15) is 18.6 Å². The number of ether oxygens (including phenoxy) is 1. The second-order valence-electron chi connectivity index (χ2n) is 10.1. The molecule has 3 heterocycles. The predicted octanol–water partition coefficient (Wildman–Crippen LogP) is 1.95. The van der Waals surface area contributed by atoms with Crippen LogP contribution in [0.3, 0.4) is 0 Å². The van der Waals surface area contributed by atoms with Crippen molar-refractivity contribution in [1.29, 1.82) is 0 Å². The van der Waals surface area contributed by atoms with E-state index < -0.39 is 27.2 Å². The predicted molar refractivity (Wildman–Crippen MR) is 130 cm³/mol. The van der Waals surface area contributed by atoms with Crippen molar-refractivity contribution in [2.24, 2.45) is 0 Å². The lowest BCUT2D eigenvalue weighted by atomic mass is 9.49. The largest absolute Gasteiger partial charge is 0.504 e. The molecule has 5 N–H and O–H groups in total. The molecule has 1 spiro atoms. The number of benzene rings is 2. The van der Waals surface area contributed by atoms with Crippen LogP contribution in [0, 0.1) is 0 Å². The zero-order chi connectivity index (χ0) is 24.9. The number of anilines is 1. The summed E-state index contributed by atoms with van der Waals surface area (Å²) in [6.45, 7) is 0.861. The van der Waals surface area contributed by atoms with Gasteiger partial charge in [-0.1, -0.05) is 24.3 Å². The minimum Gasteiger partial charge on any atom is -0.504 e. The van der Waals surface area contributed by atoms with E-state index in [1.807, 2.05) is 30.3 Å². The number of aromatic nitrogens is 1. The number of piperidine rings is 1. The van der Waals surface area contributed by atoms with Crippen LogP contribution in [0.2, 0.25) is 0 Å². The molecule has 35 heavy (non-hydrogen) atoms. The van der Waals surface area contributed by atoms with Crippen LogP contribution in [-0.4, -0.2) is 64.6 Å². The van der Waals surface area contributed by atoms with Crippen LogP contribution in [0.5, 0.6) is 11.5 Å². The summed E-state index contributed by atoms with van der Waals surface area (Å²) in [5.74, 6) is 0.646. The molecule has 4 atom stereocenters. The first kappa shape index (κ1) is 22.5. The van der Waals surface area contributed by atoms with Crippen LogP contribution in [0.1, 0.15) is 34.9 Å². The summed E-state index contributed by atoms with van der Waals surface area (Å²) in [7, 11) is -1.58. The molecule has 0 amide bonds. The number of hydrogen-bond acceptors (Lipinski definition) is 8. The lowest BCUT2D eigenvalue weighted by molar-refractivity contribution is -0.167. The van der Waals surface area contributed by atoms with Crippen LogP contribution in [0.4, 0.5) is 5.69 Å². The highest BCUT2D eigenvalue weighted by molar-refractivity contribution is 7.85. The maximum Gasteiger partial charge on any atom is 0.261 e. The van der Waals surface area contributed by atoms with Crippen LogP contribution in [0.15, 0.2) is 36.4 Å². The molecule has 4 aliphatic rings. The number of hydrogen-bond donors (Lipinski definition) is 4. The van der Waals surface area contributed by atoms with Crippen molar-refractivity contribution in [3.05, 3.63) is 58.8 Å². The Morgan fingerprint density at radius 3 is 2.69 bits per heavy atom. The van der Waals surface area contributed by atoms with Gasteiger partial charge in [0.15, 0.2) is 17.6 Å². The average molecular weight is 498 g/mol. The highest BCUT2D eigenvalue weighted by Crippen LogP contribution is 2.68. The molecule has 0 unspecified atom stereocenters. The number of para-hydroxylation sites is 1. The maximum absolute atomic E-state index is 12.4. The number of nitrogen functional groups attached to an aromatic ring is 1. The van der Waals surface area contributed by atoms with E-state index in [-0.39, 0.29) is 11.8 Å².